The summed E-state index contributed by atoms with van der Waals surface area (Å²) in [6, 6.07) is 4.29. The Kier molecular flexibility index (Phi) is 7.00. The highest BCUT2D eigenvalue weighted by Crippen LogP contribution is 2.45. The minimum Gasteiger partial charge on any atom is -0.497 e. The van der Waals surface area contributed by atoms with Crippen molar-refractivity contribution >= 4 is 12.4 Å². The maximum atomic E-state index is 13.7. The molecule has 142 valence electrons. The molecule has 1 saturated carbocycles. The van der Waals surface area contributed by atoms with Gasteiger partial charge >= 0.3 is 6.18 Å². The van der Waals surface area contributed by atoms with Crippen molar-refractivity contribution in [3.63, 3.8) is 0 Å². The van der Waals surface area contributed by atoms with E-state index in [-0.39, 0.29) is 24.2 Å². The van der Waals surface area contributed by atoms with Crippen LogP contribution >= 0.6 is 12.4 Å². The van der Waals surface area contributed by atoms with Crippen molar-refractivity contribution < 1.29 is 17.9 Å². The van der Waals surface area contributed by atoms with Crippen LogP contribution in [0.1, 0.15) is 42.9 Å². The van der Waals surface area contributed by atoms with E-state index in [2.05, 4.69) is 10.2 Å². The Bertz CT molecular complexity index is 556. The molecule has 7 heteroatoms. The molecule has 2 aliphatic rings. The van der Waals surface area contributed by atoms with E-state index in [1.165, 1.54) is 7.11 Å². The normalized spacial score (nSPS) is 21.0. The van der Waals surface area contributed by atoms with Crippen molar-refractivity contribution in [2.45, 2.75) is 37.9 Å². The Morgan fingerprint density at radius 3 is 2.36 bits per heavy atom. The number of halogens is 4. The van der Waals surface area contributed by atoms with E-state index < -0.39 is 11.7 Å². The molecule has 1 aromatic rings. The van der Waals surface area contributed by atoms with Crippen LogP contribution in [0.5, 0.6) is 5.75 Å². The van der Waals surface area contributed by atoms with Crippen molar-refractivity contribution in [2.24, 2.45) is 5.92 Å². The second-order valence-corrected chi connectivity index (χ2v) is 6.73. The Hall–Kier alpha value is -0.980. The van der Waals surface area contributed by atoms with E-state index >= 15 is 0 Å². The smallest absolute Gasteiger partial charge is 0.416 e. The van der Waals surface area contributed by atoms with Gasteiger partial charge in [0.15, 0.2) is 0 Å². The summed E-state index contributed by atoms with van der Waals surface area (Å²) in [5.74, 6) is 0.564. The molecule has 0 spiro atoms. The molecular formula is C18H26ClF3N2O. The van der Waals surface area contributed by atoms with Crippen molar-refractivity contribution in [1.82, 2.24) is 10.2 Å². The lowest BCUT2D eigenvalue weighted by Crippen LogP contribution is -2.47. The van der Waals surface area contributed by atoms with Gasteiger partial charge in [0.2, 0.25) is 0 Å². The Labute approximate surface area is 153 Å². The topological polar surface area (TPSA) is 24.5 Å². The Morgan fingerprint density at radius 1 is 1.16 bits per heavy atom. The molecule has 2 fully saturated rings. The number of benzene rings is 1. The molecule has 1 N–H and O–H groups in total. The molecule has 0 aromatic heterocycles. The number of hydrogen-bond donors (Lipinski definition) is 1. The summed E-state index contributed by atoms with van der Waals surface area (Å²) in [6.07, 6.45) is -0.111. The zero-order chi connectivity index (χ0) is 17.2. The first-order valence-corrected chi connectivity index (χ1v) is 8.70. The van der Waals surface area contributed by atoms with Crippen LogP contribution in [0.4, 0.5) is 13.2 Å². The molecule has 1 aliphatic heterocycles. The molecule has 25 heavy (non-hydrogen) atoms. The summed E-state index contributed by atoms with van der Waals surface area (Å²) in [6.45, 7) is 3.26. The van der Waals surface area contributed by atoms with Crippen LogP contribution in [0.3, 0.4) is 0 Å². The molecule has 3 rings (SSSR count). The van der Waals surface area contributed by atoms with Crippen molar-refractivity contribution in [2.75, 3.05) is 33.3 Å². The van der Waals surface area contributed by atoms with E-state index in [1.807, 2.05) is 0 Å². The van der Waals surface area contributed by atoms with Gasteiger partial charge in [-0.05, 0) is 36.5 Å². The predicted molar refractivity (Wildman–Crippen MR) is 94.4 cm³/mol. The van der Waals surface area contributed by atoms with Gasteiger partial charge in [-0.15, -0.1) is 12.4 Å². The molecule has 1 atom stereocenters. The first kappa shape index (κ1) is 20.3. The minimum absolute atomic E-state index is 0. The van der Waals surface area contributed by atoms with Gasteiger partial charge in [-0.1, -0.05) is 18.9 Å². The average molecular weight is 379 g/mol. The number of methoxy groups -OCH3 is 1. The zero-order valence-corrected chi connectivity index (χ0v) is 15.3. The summed E-state index contributed by atoms with van der Waals surface area (Å²) < 4.78 is 46.1. The molecule has 3 nitrogen and oxygen atoms in total. The van der Waals surface area contributed by atoms with Gasteiger partial charge in [0.25, 0.3) is 0 Å². The van der Waals surface area contributed by atoms with Gasteiger partial charge in [0, 0.05) is 32.2 Å². The maximum absolute atomic E-state index is 13.7. The van der Waals surface area contributed by atoms with Crippen LogP contribution in [0, 0.1) is 5.92 Å². The maximum Gasteiger partial charge on any atom is 0.416 e. The predicted octanol–water partition coefficient (Wildman–Crippen LogP) is 4.27. The van der Waals surface area contributed by atoms with E-state index in [0.717, 1.165) is 57.9 Å². The quantitative estimate of drug-likeness (QED) is 0.846. The van der Waals surface area contributed by atoms with Gasteiger partial charge in [0.05, 0.1) is 12.7 Å². The second kappa shape index (κ2) is 8.60. The molecule has 0 bridgehead atoms. The Balaban J connectivity index is 0.00000225. The lowest BCUT2D eigenvalue weighted by atomic mass is 9.86. The summed E-state index contributed by atoms with van der Waals surface area (Å²) in [4.78, 5) is 2.24. The van der Waals surface area contributed by atoms with E-state index in [4.69, 9.17) is 4.74 Å². The van der Waals surface area contributed by atoms with Crippen LogP contribution < -0.4 is 10.1 Å². The molecule has 1 saturated heterocycles. The number of rotatable bonds is 4. The monoisotopic (exact) mass is 378 g/mol. The number of nitrogens with one attached hydrogen (secondary N) is 1. The lowest BCUT2D eigenvalue weighted by Gasteiger charge is -2.39. The highest BCUT2D eigenvalue weighted by molar-refractivity contribution is 5.85. The van der Waals surface area contributed by atoms with Crippen LogP contribution in [-0.4, -0.2) is 38.2 Å². The highest BCUT2D eigenvalue weighted by Gasteiger charge is 2.40. The first-order chi connectivity index (χ1) is 11.5. The van der Waals surface area contributed by atoms with Crippen molar-refractivity contribution in [3.8, 4) is 5.75 Å². The molecule has 0 amide bonds. The van der Waals surface area contributed by atoms with Gasteiger partial charge in [0.1, 0.15) is 5.75 Å². The van der Waals surface area contributed by atoms with Crippen molar-refractivity contribution in [3.05, 3.63) is 29.3 Å². The van der Waals surface area contributed by atoms with Gasteiger partial charge in [-0.25, -0.2) is 0 Å². The summed E-state index contributed by atoms with van der Waals surface area (Å²) >= 11 is 0. The van der Waals surface area contributed by atoms with E-state index in [9.17, 15) is 13.2 Å². The first-order valence-electron chi connectivity index (χ1n) is 8.70. The third-order valence-electron chi connectivity index (χ3n) is 5.28. The van der Waals surface area contributed by atoms with Crippen LogP contribution in [0.2, 0.25) is 0 Å². The highest BCUT2D eigenvalue weighted by atomic mass is 35.5. The average Bonchev–Trinajstić information content (AvgIpc) is 3.09. The fourth-order valence-corrected chi connectivity index (χ4v) is 4.15. The number of hydrogen-bond acceptors (Lipinski definition) is 3. The van der Waals surface area contributed by atoms with Crippen LogP contribution in [0.15, 0.2) is 18.2 Å². The standard InChI is InChI=1S/C18H25F3N2O.ClH/c1-24-14-6-7-15(16(12-14)18(19,20)21)17(13-4-2-3-5-13)23-10-8-22-9-11-23;/h6-7,12-13,17,22H,2-5,8-11H2,1H3;1H/t17-;/m0./s1. The van der Waals surface area contributed by atoms with Gasteiger partial charge < -0.3 is 10.1 Å². The molecule has 0 unspecified atom stereocenters. The van der Waals surface area contributed by atoms with Gasteiger partial charge in [-0.2, -0.15) is 13.2 Å². The van der Waals surface area contributed by atoms with Gasteiger partial charge in [-0.3, -0.25) is 4.90 Å². The summed E-state index contributed by atoms with van der Waals surface area (Å²) in [7, 11) is 1.40. The molecule has 1 aromatic carbocycles. The van der Waals surface area contributed by atoms with Crippen LogP contribution in [-0.2, 0) is 6.18 Å². The molecule has 0 radical (unpaired) electrons. The SMILES string of the molecule is COc1ccc([C@H](C2CCCC2)N2CCNCC2)c(C(F)(F)F)c1.Cl. The minimum atomic E-state index is -4.37. The number of nitrogens with zero attached hydrogens (tertiary/aromatic N) is 1. The number of piperazine rings is 1. The summed E-state index contributed by atoms with van der Waals surface area (Å²) in [5.41, 5.74) is -0.130. The van der Waals surface area contributed by atoms with Crippen LogP contribution in [0.25, 0.3) is 0 Å². The lowest BCUT2D eigenvalue weighted by molar-refractivity contribution is -0.139. The molecule has 1 aliphatic carbocycles. The zero-order valence-electron chi connectivity index (χ0n) is 14.4. The molecule has 1 heterocycles. The Morgan fingerprint density at radius 2 is 1.80 bits per heavy atom. The largest absolute Gasteiger partial charge is 0.497 e. The third-order valence-corrected chi connectivity index (χ3v) is 5.28. The third kappa shape index (κ3) is 4.60. The molecular weight excluding hydrogens is 353 g/mol. The van der Waals surface area contributed by atoms with E-state index in [0.29, 0.717) is 11.5 Å². The fourth-order valence-electron chi connectivity index (χ4n) is 4.15. The van der Waals surface area contributed by atoms with Crippen molar-refractivity contribution in [1.29, 1.82) is 0 Å². The van der Waals surface area contributed by atoms with E-state index in [1.54, 1.807) is 12.1 Å². The number of alkyl halides is 3. The fraction of sp³-hybridized carbons (Fsp3) is 0.667. The summed E-state index contributed by atoms with van der Waals surface area (Å²) in [5, 5.41) is 3.29. The second-order valence-electron chi connectivity index (χ2n) is 6.73. The number of ether oxygens (including phenoxy) is 1.